The van der Waals surface area contributed by atoms with Gasteiger partial charge in [-0.15, -0.1) is 11.8 Å². The molecule has 1 aliphatic heterocycles. The Labute approximate surface area is 113 Å². The molecule has 4 heteroatoms. The molecule has 1 atom stereocenters. The standard InChI is InChI=1S/C14H20N2OS/c1-11(14(17)16-9-3-2-4-10-16)18-13-7-5-12(15)6-8-13/h5-8,11H,2-4,9-10,15H2,1H3. The first-order valence-corrected chi connectivity index (χ1v) is 7.36. The van der Waals surface area contributed by atoms with Crippen LogP contribution in [0.25, 0.3) is 0 Å². The van der Waals surface area contributed by atoms with Gasteiger partial charge in [-0.25, -0.2) is 0 Å². The minimum absolute atomic E-state index is 0.0216. The molecule has 0 aliphatic carbocycles. The average Bonchev–Trinajstić information content (AvgIpc) is 2.41. The van der Waals surface area contributed by atoms with Crippen molar-refractivity contribution < 1.29 is 4.79 Å². The quantitative estimate of drug-likeness (QED) is 0.674. The molecule has 1 aliphatic rings. The number of benzene rings is 1. The number of nitrogens with two attached hydrogens (primary N) is 1. The zero-order valence-electron chi connectivity index (χ0n) is 10.8. The molecule has 1 saturated heterocycles. The van der Waals surface area contributed by atoms with Gasteiger partial charge >= 0.3 is 0 Å². The number of piperidine rings is 1. The molecule has 0 aromatic heterocycles. The van der Waals surface area contributed by atoms with Crippen LogP contribution in [0.3, 0.4) is 0 Å². The van der Waals surface area contributed by atoms with Gasteiger partial charge in [-0.3, -0.25) is 4.79 Å². The summed E-state index contributed by atoms with van der Waals surface area (Å²) >= 11 is 1.61. The highest BCUT2D eigenvalue weighted by molar-refractivity contribution is 8.00. The molecular formula is C14H20N2OS. The summed E-state index contributed by atoms with van der Waals surface area (Å²) in [6, 6.07) is 7.70. The van der Waals surface area contributed by atoms with Gasteiger partial charge in [0.1, 0.15) is 0 Å². The van der Waals surface area contributed by atoms with Crippen LogP contribution in [0, 0.1) is 0 Å². The fourth-order valence-electron chi connectivity index (χ4n) is 2.17. The first-order valence-electron chi connectivity index (χ1n) is 6.48. The fourth-order valence-corrected chi connectivity index (χ4v) is 3.12. The summed E-state index contributed by atoms with van der Waals surface area (Å²) in [5, 5.41) is -0.0216. The number of amides is 1. The summed E-state index contributed by atoms with van der Waals surface area (Å²) in [7, 11) is 0. The molecule has 18 heavy (non-hydrogen) atoms. The number of carbonyl (C=O) groups is 1. The lowest BCUT2D eigenvalue weighted by Crippen LogP contribution is -2.40. The van der Waals surface area contributed by atoms with Gasteiger partial charge in [0.2, 0.25) is 5.91 Å². The van der Waals surface area contributed by atoms with Crippen molar-refractivity contribution in [3.63, 3.8) is 0 Å². The Morgan fingerprint density at radius 1 is 1.22 bits per heavy atom. The highest BCUT2D eigenvalue weighted by Crippen LogP contribution is 2.26. The van der Waals surface area contributed by atoms with E-state index in [0.29, 0.717) is 0 Å². The van der Waals surface area contributed by atoms with Crippen LogP contribution in [-0.2, 0) is 4.79 Å². The van der Waals surface area contributed by atoms with Crippen LogP contribution in [0.2, 0.25) is 0 Å². The molecule has 0 saturated carbocycles. The van der Waals surface area contributed by atoms with Crippen molar-refractivity contribution in [2.75, 3.05) is 18.8 Å². The summed E-state index contributed by atoms with van der Waals surface area (Å²) in [4.78, 5) is 15.3. The number of nitrogens with zero attached hydrogens (tertiary/aromatic N) is 1. The summed E-state index contributed by atoms with van der Waals surface area (Å²) < 4.78 is 0. The maximum Gasteiger partial charge on any atom is 0.235 e. The lowest BCUT2D eigenvalue weighted by Gasteiger charge is -2.29. The molecule has 0 spiro atoms. The SMILES string of the molecule is CC(Sc1ccc(N)cc1)C(=O)N1CCCCC1. The van der Waals surface area contributed by atoms with E-state index in [1.807, 2.05) is 36.1 Å². The smallest absolute Gasteiger partial charge is 0.235 e. The Bertz CT molecular complexity index is 399. The van der Waals surface area contributed by atoms with Crippen LogP contribution in [0.4, 0.5) is 5.69 Å². The van der Waals surface area contributed by atoms with E-state index in [4.69, 9.17) is 5.73 Å². The highest BCUT2D eigenvalue weighted by Gasteiger charge is 2.22. The molecule has 1 aromatic carbocycles. The van der Waals surface area contributed by atoms with E-state index in [2.05, 4.69) is 0 Å². The molecule has 2 rings (SSSR count). The van der Waals surface area contributed by atoms with Crippen LogP contribution >= 0.6 is 11.8 Å². The van der Waals surface area contributed by atoms with Crippen LogP contribution < -0.4 is 5.73 Å². The summed E-state index contributed by atoms with van der Waals surface area (Å²) in [5.41, 5.74) is 6.41. The third kappa shape index (κ3) is 3.42. The third-order valence-electron chi connectivity index (χ3n) is 3.21. The second-order valence-electron chi connectivity index (χ2n) is 4.72. The Morgan fingerprint density at radius 2 is 1.83 bits per heavy atom. The predicted octanol–water partition coefficient (Wildman–Crippen LogP) is 2.76. The van der Waals surface area contributed by atoms with Crippen molar-refractivity contribution in [1.29, 1.82) is 0 Å². The van der Waals surface area contributed by atoms with Crippen molar-refractivity contribution in [1.82, 2.24) is 4.90 Å². The Hall–Kier alpha value is -1.16. The summed E-state index contributed by atoms with van der Waals surface area (Å²) in [6.45, 7) is 3.83. The predicted molar refractivity (Wildman–Crippen MR) is 76.6 cm³/mol. The Balaban J connectivity index is 1.92. The van der Waals surface area contributed by atoms with Gasteiger partial charge < -0.3 is 10.6 Å². The molecular weight excluding hydrogens is 244 g/mol. The van der Waals surface area contributed by atoms with Gasteiger partial charge in [0.05, 0.1) is 5.25 Å². The number of rotatable bonds is 3. The second kappa shape index (κ2) is 6.14. The van der Waals surface area contributed by atoms with Crippen molar-refractivity contribution in [3.8, 4) is 0 Å². The van der Waals surface area contributed by atoms with Crippen LogP contribution in [0.5, 0.6) is 0 Å². The van der Waals surface area contributed by atoms with Gasteiger partial charge in [-0.1, -0.05) is 0 Å². The van der Waals surface area contributed by atoms with Gasteiger partial charge in [-0.2, -0.15) is 0 Å². The van der Waals surface area contributed by atoms with Gasteiger partial charge in [0, 0.05) is 23.7 Å². The number of thioether (sulfide) groups is 1. The normalized spacial score (nSPS) is 17.5. The topological polar surface area (TPSA) is 46.3 Å². The first kappa shape index (κ1) is 13.3. The number of nitrogen functional groups attached to an aromatic ring is 1. The van der Waals surface area contributed by atoms with E-state index >= 15 is 0 Å². The van der Waals surface area contributed by atoms with Crippen LogP contribution in [0.1, 0.15) is 26.2 Å². The van der Waals surface area contributed by atoms with Gasteiger partial charge in [-0.05, 0) is 50.5 Å². The third-order valence-corrected chi connectivity index (χ3v) is 4.31. The van der Waals surface area contributed by atoms with Gasteiger partial charge in [0.25, 0.3) is 0 Å². The monoisotopic (exact) mass is 264 g/mol. The maximum atomic E-state index is 12.2. The molecule has 3 nitrogen and oxygen atoms in total. The molecule has 1 heterocycles. The Morgan fingerprint density at radius 3 is 2.44 bits per heavy atom. The molecule has 1 aromatic rings. The molecule has 0 bridgehead atoms. The van der Waals surface area contributed by atoms with Crippen LogP contribution in [-0.4, -0.2) is 29.1 Å². The minimum atomic E-state index is -0.0216. The molecule has 1 unspecified atom stereocenters. The number of anilines is 1. The first-order chi connectivity index (χ1) is 8.66. The number of hydrogen-bond acceptors (Lipinski definition) is 3. The lowest BCUT2D eigenvalue weighted by atomic mass is 10.1. The van der Waals surface area contributed by atoms with E-state index in [9.17, 15) is 4.79 Å². The van der Waals surface area contributed by atoms with E-state index in [1.54, 1.807) is 11.8 Å². The van der Waals surface area contributed by atoms with Crippen LogP contribution in [0.15, 0.2) is 29.2 Å². The van der Waals surface area contributed by atoms with Crippen molar-refractivity contribution in [3.05, 3.63) is 24.3 Å². The second-order valence-corrected chi connectivity index (χ2v) is 6.13. The molecule has 98 valence electrons. The molecule has 2 N–H and O–H groups in total. The highest BCUT2D eigenvalue weighted by atomic mass is 32.2. The number of likely N-dealkylation sites (tertiary alicyclic amines) is 1. The summed E-state index contributed by atoms with van der Waals surface area (Å²) in [6.07, 6.45) is 3.54. The number of carbonyl (C=O) groups excluding carboxylic acids is 1. The molecule has 0 radical (unpaired) electrons. The Kier molecular flexibility index (Phi) is 4.53. The maximum absolute atomic E-state index is 12.2. The van der Waals surface area contributed by atoms with E-state index in [0.717, 1.165) is 36.5 Å². The van der Waals surface area contributed by atoms with Gasteiger partial charge in [0.15, 0.2) is 0 Å². The van der Waals surface area contributed by atoms with E-state index < -0.39 is 0 Å². The van der Waals surface area contributed by atoms with E-state index in [-0.39, 0.29) is 11.2 Å². The molecule has 1 amide bonds. The largest absolute Gasteiger partial charge is 0.399 e. The summed E-state index contributed by atoms with van der Waals surface area (Å²) in [5.74, 6) is 0.261. The zero-order chi connectivity index (χ0) is 13.0. The molecule has 1 fully saturated rings. The number of hydrogen-bond donors (Lipinski definition) is 1. The van der Waals surface area contributed by atoms with Crippen molar-refractivity contribution >= 4 is 23.4 Å². The van der Waals surface area contributed by atoms with E-state index in [1.165, 1.54) is 6.42 Å². The average molecular weight is 264 g/mol. The lowest BCUT2D eigenvalue weighted by molar-refractivity contribution is -0.131. The zero-order valence-corrected chi connectivity index (χ0v) is 11.6. The fraction of sp³-hybridized carbons (Fsp3) is 0.500. The minimum Gasteiger partial charge on any atom is -0.399 e. The van der Waals surface area contributed by atoms with Crippen molar-refractivity contribution in [2.45, 2.75) is 36.3 Å². The van der Waals surface area contributed by atoms with Crippen molar-refractivity contribution in [2.24, 2.45) is 0 Å².